The van der Waals surface area contributed by atoms with Crippen LogP contribution in [0.25, 0.3) is 0 Å². The van der Waals surface area contributed by atoms with Gasteiger partial charge in [-0.05, 0) is 55.1 Å². The van der Waals surface area contributed by atoms with Crippen molar-refractivity contribution >= 4 is 14.1 Å². The molecule has 0 unspecified atom stereocenters. The zero-order valence-corrected chi connectivity index (χ0v) is 17.3. The van der Waals surface area contributed by atoms with Crippen molar-refractivity contribution in [2.75, 3.05) is 13.7 Å². The first-order chi connectivity index (χ1) is 11.2. The monoisotopic (exact) mass is 350 g/mol. The number of ketones is 1. The van der Waals surface area contributed by atoms with E-state index in [0.29, 0.717) is 18.6 Å². The second kappa shape index (κ2) is 9.38. The molecule has 0 aliphatic carbocycles. The summed E-state index contributed by atoms with van der Waals surface area (Å²) >= 11 is 0. The van der Waals surface area contributed by atoms with Crippen LogP contribution >= 0.6 is 0 Å². The zero-order chi connectivity index (χ0) is 18.2. The summed E-state index contributed by atoms with van der Waals surface area (Å²) in [6.07, 6.45) is 3.99. The van der Waals surface area contributed by atoms with Gasteiger partial charge in [0.1, 0.15) is 11.5 Å². The maximum atomic E-state index is 12.0. The third-order valence-electron chi connectivity index (χ3n) is 4.97. The SMILES string of the molecule is COc1ccc(CCC(=O)CCCCO[Si](C)(C)C(C)(C)C)cc1. The summed E-state index contributed by atoms with van der Waals surface area (Å²) in [5.74, 6) is 1.20. The van der Waals surface area contributed by atoms with Crippen LogP contribution in [0.4, 0.5) is 0 Å². The van der Waals surface area contributed by atoms with E-state index in [-0.39, 0.29) is 5.04 Å². The second-order valence-corrected chi connectivity index (χ2v) is 12.8. The third kappa shape index (κ3) is 7.18. The summed E-state index contributed by atoms with van der Waals surface area (Å²) in [5, 5.41) is 0.251. The molecule has 0 atom stereocenters. The van der Waals surface area contributed by atoms with Gasteiger partial charge in [0.2, 0.25) is 0 Å². The molecular weight excluding hydrogens is 316 g/mol. The minimum Gasteiger partial charge on any atom is -0.497 e. The summed E-state index contributed by atoms with van der Waals surface area (Å²) in [6.45, 7) is 12.1. The molecule has 0 bridgehead atoms. The van der Waals surface area contributed by atoms with Crippen molar-refractivity contribution in [1.29, 1.82) is 0 Å². The summed E-state index contributed by atoms with van der Waals surface area (Å²) in [4.78, 5) is 12.0. The maximum Gasteiger partial charge on any atom is 0.191 e. The van der Waals surface area contributed by atoms with Crippen molar-refractivity contribution in [3.05, 3.63) is 29.8 Å². The van der Waals surface area contributed by atoms with Crippen LogP contribution in [0.1, 0.15) is 52.0 Å². The number of hydrogen-bond acceptors (Lipinski definition) is 3. The molecule has 0 saturated heterocycles. The highest BCUT2D eigenvalue weighted by atomic mass is 28.4. The zero-order valence-electron chi connectivity index (χ0n) is 16.3. The molecule has 0 fully saturated rings. The molecule has 0 radical (unpaired) electrons. The highest BCUT2D eigenvalue weighted by Crippen LogP contribution is 2.36. The summed E-state index contributed by atoms with van der Waals surface area (Å²) in [5.41, 5.74) is 1.19. The Hall–Kier alpha value is -1.13. The molecule has 136 valence electrons. The van der Waals surface area contributed by atoms with Crippen molar-refractivity contribution in [2.24, 2.45) is 0 Å². The molecule has 0 aliphatic heterocycles. The number of carbonyl (C=O) groups is 1. The molecule has 0 amide bonds. The molecule has 3 nitrogen and oxygen atoms in total. The molecule has 0 N–H and O–H groups in total. The van der Waals surface area contributed by atoms with Gasteiger partial charge < -0.3 is 9.16 Å². The Morgan fingerprint density at radius 3 is 2.21 bits per heavy atom. The molecule has 0 aliphatic rings. The average molecular weight is 351 g/mol. The van der Waals surface area contributed by atoms with Gasteiger partial charge in [0.25, 0.3) is 0 Å². The largest absolute Gasteiger partial charge is 0.497 e. The van der Waals surface area contributed by atoms with E-state index in [0.717, 1.165) is 31.6 Å². The van der Waals surface area contributed by atoms with Crippen LogP contribution in [0.3, 0.4) is 0 Å². The molecule has 1 aromatic carbocycles. The van der Waals surface area contributed by atoms with Gasteiger partial charge in [-0.25, -0.2) is 0 Å². The van der Waals surface area contributed by atoms with Gasteiger partial charge >= 0.3 is 0 Å². The number of hydrogen-bond donors (Lipinski definition) is 0. The molecule has 24 heavy (non-hydrogen) atoms. The van der Waals surface area contributed by atoms with Gasteiger partial charge in [-0.3, -0.25) is 4.79 Å². The van der Waals surface area contributed by atoms with Crippen LogP contribution in [0.15, 0.2) is 24.3 Å². The van der Waals surface area contributed by atoms with E-state index in [1.165, 1.54) is 5.56 Å². The topological polar surface area (TPSA) is 35.5 Å². The van der Waals surface area contributed by atoms with Gasteiger partial charge in [0, 0.05) is 19.4 Å². The van der Waals surface area contributed by atoms with Gasteiger partial charge in [0.15, 0.2) is 8.32 Å². The van der Waals surface area contributed by atoms with E-state index in [2.05, 4.69) is 33.9 Å². The van der Waals surface area contributed by atoms with Gasteiger partial charge in [-0.1, -0.05) is 32.9 Å². The second-order valence-electron chi connectivity index (χ2n) is 7.95. The smallest absolute Gasteiger partial charge is 0.191 e. The third-order valence-corrected chi connectivity index (χ3v) is 9.51. The molecule has 1 rings (SSSR count). The number of benzene rings is 1. The van der Waals surface area contributed by atoms with E-state index < -0.39 is 8.32 Å². The van der Waals surface area contributed by atoms with Crippen LogP contribution < -0.4 is 4.74 Å². The van der Waals surface area contributed by atoms with E-state index in [1.807, 2.05) is 24.3 Å². The van der Waals surface area contributed by atoms with E-state index in [9.17, 15) is 4.79 Å². The maximum absolute atomic E-state index is 12.0. The van der Waals surface area contributed by atoms with E-state index >= 15 is 0 Å². The predicted molar refractivity (Wildman–Crippen MR) is 103 cm³/mol. The quantitative estimate of drug-likeness (QED) is 0.419. The summed E-state index contributed by atoms with van der Waals surface area (Å²) in [6, 6.07) is 7.94. The molecular formula is C20H34O3Si. The molecule has 0 saturated carbocycles. The van der Waals surface area contributed by atoms with E-state index in [4.69, 9.17) is 9.16 Å². The Bertz CT molecular complexity index is 501. The Morgan fingerprint density at radius 2 is 1.67 bits per heavy atom. The fourth-order valence-electron chi connectivity index (χ4n) is 2.17. The summed E-state index contributed by atoms with van der Waals surface area (Å²) in [7, 11) is 0.0156. The van der Waals surface area contributed by atoms with Gasteiger partial charge in [-0.2, -0.15) is 0 Å². The van der Waals surface area contributed by atoms with Crippen molar-refractivity contribution in [2.45, 2.75) is 71.0 Å². The van der Waals surface area contributed by atoms with Gasteiger partial charge in [0.05, 0.1) is 7.11 Å². The first-order valence-electron chi connectivity index (χ1n) is 8.94. The van der Waals surface area contributed by atoms with E-state index in [1.54, 1.807) is 7.11 Å². The standard InChI is InChI=1S/C20H34O3Si/c1-20(2,3)24(5,6)23-16-8-7-9-18(21)13-10-17-11-14-19(22-4)15-12-17/h11-12,14-15H,7-10,13,16H2,1-6H3. The number of carbonyl (C=O) groups excluding carboxylic acids is 1. The number of aryl methyl sites for hydroxylation is 1. The number of rotatable bonds is 10. The number of Topliss-reactive ketones (excluding diaryl/α,β-unsaturated/α-hetero) is 1. The first-order valence-corrected chi connectivity index (χ1v) is 11.8. The Balaban J connectivity index is 2.18. The molecule has 0 spiro atoms. The van der Waals surface area contributed by atoms with Crippen molar-refractivity contribution in [1.82, 2.24) is 0 Å². The van der Waals surface area contributed by atoms with Crippen LogP contribution in [0, 0.1) is 0 Å². The number of methoxy groups -OCH3 is 1. The Labute approximate surface area is 148 Å². The molecule has 0 heterocycles. The minimum atomic E-state index is -1.64. The fourth-order valence-corrected chi connectivity index (χ4v) is 3.26. The minimum absolute atomic E-state index is 0.251. The molecule has 0 aromatic heterocycles. The van der Waals surface area contributed by atoms with Crippen molar-refractivity contribution in [3.63, 3.8) is 0 Å². The van der Waals surface area contributed by atoms with Crippen LogP contribution in [-0.2, 0) is 15.6 Å². The van der Waals surface area contributed by atoms with Gasteiger partial charge in [-0.15, -0.1) is 0 Å². The van der Waals surface area contributed by atoms with Crippen LogP contribution in [0.2, 0.25) is 18.1 Å². The lowest BCUT2D eigenvalue weighted by molar-refractivity contribution is -0.119. The first kappa shape index (κ1) is 20.9. The Kier molecular flexibility index (Phi) is 8.17. The number of unbranched alkanes of at least 4 members (excludes halogenated alkanes) is 1. The number of ether oxygens (including phenoxy) is 1. The van der Waals surface area contributed by atoms with Crippen molar-refractivity contribution in [3.8, 4) is 5.75 Å². The fraction of sp³-hybridized carbons (Fsp3) is 0.650. The summed E-state index contributed by atoms with van der Waals surface area (Å²) < 4.78 is 11.3. The average Bonchev–Trinajstić information content (AvgIpc) is 2.52. The molecule has 4 heteroatoms. The van der Waals surface area contributed by atoms with Crippen LogP contribution in [-0.4, -0.2) is 27.8 Å². The lowest BCUT2D eigenvalue weighted by Crippen LogP contribution is -2.40. The predicted octanol–water partition coefficient (Wildman–Crippen LogP) is 5.39. The highest BCUT2D eigenvalue weighted by Gasteiger charge is 2.36. The lowest BCUT2D eigenvalue weighted by atomic mass is 10.0. The molecule has 1 aromatic rings. The van der Waals surface area contributed by atoms with Crippen molar-refractivity contribution < 1.29 is 14.0 Å². The van der Waals surface area contributed by atoms with Crippen LogP contribution in [0.5, 0.6) is 5.75 Å². The lowest BCUT2D eigenvalue weighted by Gasteiger charge is -2.36. The Morgan fingerprint density at radius 1 is 1.04 bits per heavy atom. The highest BCUT2D eigenvalue weighted by molar-refractivity contribution is 6.74. The normalized spacial score (nSPS) is 12.2.